The predicted octanol–water partition coefficient (Wildman–Crippen LogP) is 7.34. The normalized spacial score (nSPS) is 13.1. The molecule has 2 atom stereocenters. The van der Waals surface area contributed by atoms with Crippen molar-refractivity contribution in [3.8, 4) is 17.2 Å². The van der Waals surface area contributed by atoms with E-state index in [1.807, 2.05) is 12.1 Å². The first kappa shape index (κ1) is 36.0. The molecule has 0 saturated heterocycles. The molecule has 2 unspecified atom stereocenters. The Labute approximate surface area is 280 Å². The van der Waals surface area contributed by atoms with Gasteiger partial charge in [-0.05, 0) is 98.8 Å². The van der Waals surface area contributed by atoms with Gasteiger partial charge in [-0.1, -0.05) is 48.5 Å². The summed E-state index contributed by atoms with van der Waals surface area (Å²) >= 11 is 0. The third kappa shape index (κ3) is 7.81. The lowest BCUT2D eigenvalue weighted by atomic mass is 9.83. The highest BCUT2D eigenvalue weighted by Crippen LogP contribution is 2.52. The van der Waals surface area contributed by atoms with Gasteiger partial charge < -0.3 is 28.6 Å². The summed E-state index contributed by atoms with van der Waals surface area (Å²) in [5.41, 5.74) is 0.489. The van der Waals surface area contributed by atoms with E-state index in [9.17, 15) is 14.0 Å². The van der Waals surface area contributed by atoms with Crippen molar-refractivity contribution in [2.24, 2.45) is 0 Å². The Bertz CT molecular complexity index is 1700. The molecule has 0 fully saturated rings. The van der Waals surface area contributed by atoms with E-state index in [2.05, 4.69) is 10.4 Å². The molecule has 0 amide bonds. The minimum absolute atomic E-state index is 0.00486. The molecule has 0 aliphatic heterocycles. The van der Waals surface area contributed by atoms with E-state index in [0.29, 0.717) is 33.7 Å². The Kier molecular flexibility index (Phi) is 11.5. The summed E-state index contributed by atoms with van der Waals surface area (Å²) in [4.78, 5) is 28.3. The molecular weight excluding hydrogens is 638 g/mol. The molecule has 0 aliphatic carbocycles. The van der Waals surface area contributed by atoms with Crippen LogP contribution < -0.4 is 24.2 Å². The third-order valence-electron chi connectivity index (χ3n) is 7.72. The lowest BCUT2D eigenvalue weighted by molar-refractivity contribution is -0.157. The van der Waals surface area contributed by atoms with Gasteiger partial charge in [0.05, 0.1) is 20.8 Å². The van der Waals surface area contributed by atoms with Crippen LogP contribution in [0.5, 0.6) is 17.2 Å². The molecule has 10 nitrogen and oxygen atoms in total. The minimum Gasteiger partial charge on any atom is -0.497 e. The molecule has 48 heavy (non-hydrogen) atoms. The quantitative estimate of drug-likeness (QED) is 0.104. The summed E-state index contributed by atoms with van der Waals surface area (Å²) < 4.78 is 58.5. The molecule has 0 spiro atoms. The highest BCUT2D eigenvalue weighted by molar-refractivity contribution is 7.52. The van der Waals surface area contributed by atoms with E-state index in [1.54, 1.807) is 83.1 Å². The number of nitrogens with one attached hydrogen (secondary N) is 2. The number of esters is 2. The van der Waals surface area contributed by atoms with E-state index >= 15 is 4.57 Å². The van der Waals surface area contributed by atoms with Crippen molar-refractivity contribution in [2.75, 3.05) is 26.1 Å². The van der Waals surface area contributed by atoms with Gasteiger partial charge >= 0.3 is 19.7 Å². The van der Waals surface area contributed by atoms with Crippen LogP contribution >= 0.6 is 7.75 Å². The van der Waals surface area contributed by atoms with Crippen LogP contribution in [0, 0.1) is 33.5 Å². The molecule has 0 bridgehead atoms. The van der Waals surface area contributed by atoms with Crippen molar-refractivity contribution in [1.29, 1.82) is 0 Å². The number of anilines is 1. The summed E-state index contributed by atoms with van der Waals surface area (Å²) in [5.74, 6) is -1.60. The van der Waals surface area contributed by atoms with Gasteiger partial charge in [-0.15, -0.1) is 0 Å². The first-order valence-corrected chi connectivity index (χ1v) is 16.7. The maximum atomic E-state index is 15.4. The smallest absolute Gasteiger partial charge is 0.497 e. The largest absolute Gasteiger partial charge is 0.514 e. The van der Waals surface area contributed by atoms with E-state index in [4.69, 9.17) is 23.3 Å². The summed E-state index contributed by atoms with van der Waals surface area (Å²) in [6.45, 7) is 8.62. The van der Waals surface area contributed by atoms with Gasteiger partial charge in [-0.3, -0.25) is 0 Å². The Balaban J connectivity index is 2.04. The Morgan fingerprint density at radius 2 is 1.29 bits per heavy atom. The molecule has 0 saturated carbocycles. The van der Waals surface area contributed by atoms with Crippen LogP contribution in [-0.4, -0.2) is 38.8 Å². The molecule has 0 heterocycles. The van der Waals surface area contributed by atoms with Crippen LogP contribution in [-0.2, 0) is 29.2 Å². The fourth-order valence-electron chi connectivity index (χ4n) is 5.28. The molecular formula is C36H40FN2O8P. The van der Waals surface area contributed by atoms with Gasteiger partial charge in [0.15, 0.2) is 11.6 Å². The van der Waals surface area contributed by atoms with Gasteiger partial charge in [0.25, 0.3) is 0 Å². The second-order valence-corrected chi connectivity index (χ2v) is 12.7. The second-order valence-electron chi connectivity index (χ2n) is 11.1. The van der Waals surface area contributed by atoms with Crippen LogP contribution in [0.1, 0.15) is 34.7 Å². The average Bonchev–Trinajstić information content (AvgIpc) is 3.07. The Morgan fingerprint density at radius 3 is 1.73 bits per heavy atom. The van der Waals surface area contributed by atoms with Crippen molar-refractivity contribution >= 4 is 25.4 Å². The maximum Gasteiger partial charge on any atom is 0.514 e. The molecule has 0 radical (unpaired) electrons. The minimum atomic E-state index is -4.78. The number of rotatable bonds is 14. The zero-order chi connectivity index (χ0) is 35.1. The number of methoxy groups -OCH3 is 2. The fraction of sp³-hybridized carbons (Fsp3) is 0.278. The zero-order valence-electron chi connectivity index (χ0n) is 28.0. The number of aryl methyl sites for hydroxylation is 4. The highest BCUT2D eigenvalue weighted by Gasteiger charge is 2.58. The number of benzene rings is 4. The zero-order valence-corrected chi connectivity index (χ0v) is 28.9. The molecule has 2 N–H and O–H groups in total. The van der Waals surface area contributed by atoms with Crippen molar-refractivity contribution in [1.82, 2.24) is 5.09 Å². The van der Waals surface area contributed by atoms with Crippen LogP contribution in [0.25, 0.3) is 0 Å². The first-order valence-electron chi connectivity index (χ1n) is 15.2. The SMILES string of the molecule is CCOC(=O)C(Nc1ccc(OC)cc1)C(NP(=O)(Oc1c(C)cccc1C)Oc1c(C)cccc1C)(C(=O)OC)c1ccc(F)cc1. The van der Waals surface area contributed by atoms with Crippen LogP contribution in [0.4, 0.5) is 10.1 Å². The number of ether oxygens (including phenoxy) is 3. The molecule has 4 aromatic carbocycles. The molecule has 4 rings (SSSR count). The van der Waals surface area contributed by atoms with Gasteiger partial charge in [-0.2, -0.15) is 5.09 Å². The molecule has 0 aliphatic rings. The van der Waals surface area contributed by atoms with Crippen molar-refractivity contribution in [3.63, 3.8) is 0 Å². The molecule has 12 heteroatoms. The first-order chi connectivity index (χ1) is 22.9. The molecule has 254 valence electrons. The number of halogens is 1. The number of hydrogen-bond acceptors (Lipinski definition) is 9. The molecule has 0 aromatic heterocycles. The van der Waals surface area contributed by atoms with Gasteiger partial charge in [-0.25, -0.2) is 18.5 Å². The maximum absolute atomic E-state index is 15.4. The van der Waals surface area contributed by atoms with E-state index in [-0.39, 0.29) is 23.7 Å². The lowest BCUT2D eigenvalue weighted by Crippen LogP contribution is -2.63. The number of para-hydroxylation sites is 2. The lowest BCUT2D eigenvalue weighted by Gasteiger charge is -2.40. The summed E-state index contributed by atoms with van der Waals surface area (Å²) in [6.07, 6.45) is 0. The summed E-state index contributed by atoms with van der Waals surface area (Å²) in [6, 6.07) is 20.3. The molecule has 4 aromatic rings. The van der Waals surface area contributed by atoms with E-state index in [1.165, 1.54) is 19.2 Å². The van der Waals surface area contributed by atoms with Crippen LogP contribution in [0.2, 0.25) is 0 Å². The highest BCUT2D eigenvalue weighted by atomic mass is 31.2. The van der Waals surface area contributed by atoms with Crippen molar-refractivity contribution in [2.45, 2.75) is 46.2 Å². The average molecular weight is 679 g/mol. The Hall–Kier alpha value is -4.86. The standard InChI is InChI=1S/C36H40FN2O8P/c1-8-45-34(40)33(38-29-19-21-30(43-6)22-20-29)36(35(41)44-7,27-15-17-28(37)18-16-27)39-48(42,46-31-23(2)11-9-12-24(31)3)47-32-25(4)13-10-14-26(32)5/h9-22,33,38H,8H2,1-7H3,(H,39,42). The van der Waals surface area contributed by atoms with Crippen LogP contribution in [0.15, 0.2) is 84.9 Å². The fourth-order valence-corrected chi connectivity index (χ4v) is 7.25. The summed E-state index contributed by atoms with van der Waals surface area (Å²) in [7, 11) is -2.16. The van der Waals surface area contributed by atoms with Gasteiger partial charge in [0.2, 0.25) is 0 Å². The Morgan fingerprint density at radius 1 is 0.792 bits per heavy atom. The van der Waals surface area contributed by atoms with Crippen molar-refractivity contribution < 1.29 is 41.8 Å². The van der Waals surface area contributed by atoms with Crippen molar-refractivity contribution in [3.05, 3.63) is 119 Å². The van der Waals surface area contributed by atoms with Gasteiger partial charge in [0.1, 0.15) is 23.1 Å². The predicted molar refractivity (Wildman–Crippen MR) is 181 cm³/mol. The van der Waals surface area contributed by atoms with E-state index in [0.717, 1.165) is 19.2 Å². The number of carbonyl (C=O) groups excluding carboxylic acids is 2. The van der Waals surface area contributed by atoms with E-state index < -0.39 is 37.1 Å². The van der Waals surface area contributed by atoms with Crippen LogP contribution in [0.3, 0.4) is 0 Å². The monoisotopic (exact) mass is 678 g/mol. The summed E-state index contributed by atoms with van der Waals surface area (Å²) in [5, 5.41) is 5.91. The van der Waals surface area contributed by atoms with Gasteiger partial charge in [0, 0.05) is 5.69 Å². The number of hydrogen-bond donors (Lipinski definition) is 2. The second kappa shape index (κ2) is 15.4. The third-order valence-corrected chi connectivity index (χ3v) is 9.19. The topological polar surface area (TPSA) is 121 Å². The number of carbonyl (C=O) groups is 2.